The fourth-order valence-corrected chi connectivity index (χ4v) is 1.31. The van der Waals surface area contributed by atoms with Gasteiger partial charge in [-0.05, 0) is 5.56 Å². The maximum Gasteiger partial charge on any atom is 0.0959 e. The van der Waals surface area contributed by atoms with Crippen LogP contribution >= 0.6 is 11.6 Å². The molecule has 0 fully saturated rings. The smallest absolute Gasteiger partial charge is 0.0959 e. The van der Waals surface area contributed by atoms with E-state index in [-0.39, 0.29) is 5.88 Å². The van der Waals surface area contributed by atoms with Gasteiger partial charge in [-0.2, -0.15) is 5.26 Å². The molecule has 2 atom stereocenters. The van der Waals surface area contributed by atoms with Gasteiger partial charge in [-0.3, -0.25) is 0 Å². The highest BCUT2D eigenvalue weighted by atomic mass is 35.5. The normalized spacial score (nSPS) is 14.5. The van der Waals surface area contributed by atoms with Crippen LogP contribution in [0.4, 0.5) is 0 Å². The topological polar surface area (TPSA) is 44.0 Å². The fourth-order valence-electron chi connectivity index (χ4n) is 1.07. The lowest BCUT2D eigenvalue weighted by Crippen LogP contribution is -2.11. The van der Waals surface area contributed by atoms with Crippen molar-refractivity contribution in [3.8, 4) is 6.07 Å². The van der Waals surface area contributed by atoms with E-state index in [0.717, 1.165) is 5.56 Å². The average molecular weight is 196 g/mol. The molecular formula is C10H10ClNO. The summed E-state index contributed by atoms with van der Waals surface area (Å²) in [6, 6.07) is 11.0. The Balaban J connectivity index is 2.79. The molecule has 0 radical (unpaired) electrons. The van der Waals surface area contributed by atoms with Gasteiger partial charge in [0.15, 0.2) is 0 Å². The lowest BCUT2D eigenvalue weighted by atomic mass is 9.99. The summed E-state index contributed by atoms with van der Waals surface area (Å²) in [4.78, 5) is 0. The van der Waals surface area contributed by atoms with E-state index in [1.165, 1.54) is 0 Å². The molecule has 68 valence electrons. The van der Waals surface area contributed by atoms with Crippen molar-refractivity contribution in [1.82, 2.24) is 0 Å². The van der Waals surface area contributed by atoms with E-state index in [4.69, 9.17) is 16.9 Å². The first kappa shape index (κ1) is 10.0. The van der Waals surface area contributed by atoms with Crippen LogP contribution in [0.15, 0.2) is 30.3 Å². The number of hydrogen-bond acceptors (Lipinski definition) is 2. The van der Waals surface area contributed by atoms with Crippen molar-refractivity contribution in [2.24, 2.45) is 5.92 Å². The molecule has 0 aliphatic carbocycles. The van der Waals surface area contributed by atoms with Crippen molar-refractivity contribution < 1.29 is 5.11 Å². The van der Waals surface area contributed by atoms with Crippen LogP contribution < -0.4 is 0 Å². The van der Waals surface area contributed by atoms with E-state index in [2.05, 4.69) is 0 Å². The molecule has 3 heteroatoms. The molecule has 0 bridgehead atoms. The zero-order valence-corrected chi connectivity index (χ0v) is 7.78. The first-order chi connectivity index (χ1) is 6.29. The van der Waals surface area contributed by atoms with Crippen molar-refractivity contribution in [1.29, 1.82) is 5.26 Å². The Bertz CT molecular complexity index is 294. The maximum absolute atomic E-state index is 9.67. The van der Waals surface area contributed by atoms with Crippen molar-refractivity contribution in [2.75, 3.05) is 5.88 Å². The van der Waals surface area contributed by atoms with Gasteiger partial charge in [-0.1, -0.05) is 30.3 Å². The molecule has 0 aliphatic rings. The van der Waals surface area contributed by atoms with Crippen LogP contribution in [0, 0.1) is 17.2 Å². The summed E-state index contributed by atoms with van der Waals surface area (Å²) in [5.74, 6) is -0.393. The van der Waals surface area contributed by atoms with Crippen LogP contribution in [0.2, 0.25) is 0 Å². The summed E-state index contributed by atoms with van der Waals surface area (Å²) in [5, 5.41) is 18.3. The van der Waals surface area contributed by atoms with Crippen LogP contribution in [0.3, 0.4) is 0 Å². The molecule has 1 aromatic rings. The van der Waals surface area contributed by atoms with Crippen molar-refractivity contribution in [3.63, 3.8) is 0 Å². The molecule has 0 spiro atoms. The minimum absolute atomic E-state index is 0.145. The Hall–Kier alpha value is -1.04. The fraction of sp³-hybridized carbons (Fsp3) is 0.300. The van der Waals surface area contributed by atoms with E-state index < -0.39 is 12.0 Å². The number of aliphatic hydroxyl groups is 1. The van der Waals surface area contributed by atoms with Gasteiger partial charge in [0.05, 0.1) is 18.1 Å². The van der Waals surface area contributed by atoms with Crippen LogP contribution in [-0.4, -0.2) is 11.0 Å². The van der Waals surface area contributed by atoms with Crippen LogP contribution in [0.5, 0.6) is 0 Å². The third kappa shape index (κ3) is 2.45. The summed E-state index contributed by atoms with van der Waals surface area (Å²) in [7, 11) is 0. The molecular weight excluding hydrogens is 186 g/mol. The minimum atomic E-state index is -0.788. The highest BCUT2D eigenvalue weighted by Crippen LogP contribution is 2.21. The average Bonchev–Trinajstić information content (AvgIpc) is 2.21. The van der Waals surface area contributed by atoms with Crippen LogP contribution in [0.25, 0.3) is 0 Å². The predicted octanol–water partition coefficient (Wildman–Crippen LogP) is 2.10. The van der Waals surface area contributed by atoms with E-state index in [0.29, 0.717) is 0 Å². The molecule has 1 rings (SSSR count). The van der Waals surface area contributed by atoms with Crippen molar-refractivity contribution in [3.05, 3.63) is 35.9 Å². The molecule has 0 unspecified atom stereocenters. The second-order valence-corrected chi connectivity index (χ2v) is 3.05. The molecule has 2 nitrogen and oxygen atoms in total. The second-order valence-electron chi connectivity index (χ2n) is 2.75. The lowest BCUT2D eigenvalue weighted by Gasteiger charge is -2.13. The van der Waals surface area contributed by atoms with Crippen LogP contribution in [0.1, 0.15) is 11.7 Å². The second kappa shape index (κ2) is 4.86. The number of alkyl halides is 1. The predicted molar refractivity (Wildman–Crippen MR) is 51.2 cm³/mol. The van der Waals surface area contributed by atoms with E-state index in [1.807, 2.05) is 24.3 Å². The van der Waals surface area contributed by atoms with Gasteiger partial charge in [0.1, 0.15) is 0 Å². The molecule has 1 N–H and O–H groups in total. The number of halogens is 1. The molecule has 1 aromatic carbocycles. The number of aliphatic hydroxyl groups excluding tert-OH is 1. The molecule has 0 aliphatic heterocycles. The van der Waals surface area contributed by atoms with E-state index >= 15 is 0 Å². The summed E-state index contributed by atoms with van der Waals surface area (Å²) >= 11 is 5.53. The highest BCUT2D eigenvalue weighted by Gasteiger charge is 2.18. The highest BCUT2D eigenvalue weighted by molar-refractivity contribution is 6.18. The zero-order valence-electron chi connectivity index (χ0n) is 7.02. The third-order valence-corrected chi connectivity index (χ3v) is 2.19. The SMILES string of the molecule is N#C[C@H](CCl)[C@@H](O)c1ccccc1. The standard InChI is InChI=1S/C10H10ClNO/c11-6-9(7-12)10(13)8-4-2-1-3-5-8/h1-5,9-10,13H,6H2/t9-,10-/m0/s1. The number of hydrogen-bond donors (Lipinski definition) is 1. The zero-order chi connectivity index (χ0) is 9.68. The Kier molecular flexibility index (Phi) is 3.75. The largest absolute Gasteiger partial charge is 0.387 e. The van der Waals surface area contributed by atoms with Gasteiger partial charge in [0.2, 0.25) is 0 Å². The summed E-state index contributed by atoms with van der Waals surface area (Å²) in [6.07, 6.45) is -0.788. The van der Waals surface area contributed by atoms with Gasteiger partial charge < -0.3 is 5.11 Å². The van der Waals surface area contributed by atoms with E-state index in [1.54, 1.807) is 12.1 Å². The molecule has 0 amide bonds. The third-order valence-electron chi connectivity index (χ3n) is 1.85. The first-order valence-corrected chi connectivity index (χ1v) is 4.51. The Morgan fingerprint density at radius 3 is 2.46 bits per heavy atom. The Morgan fingerprint density at radius 2 is 2.00 bits per heavy atom. The van der Waals surface area contributed by atoms with Crippen molar-refractivity contribution in [2.45, 2.75) is 6.10 Å². The van der Waals surface area contributed by atoms with Crippen LogP contribution in [-0.2, 0) is 0 Å². The summed E-state index contributed by atoms with van der Waals surface area (Å²) in [5.41, 5.74) is 0.731. The molecule has 0 saturated heterocycles. The van der Waals surface area contributed by atoms with Gasteiger partial charge >= 0.3 is 0 Å². The molecule has 0 aromatic heterocycles. The minimum Gasteiger partial charge on any atom is -0.387 e. The van der Waals surface area contributed by atoms with Gasteiger partial charge in [-0.15, -0.1) is 11.6 Å². The van der Waals surface area contributed by atoms with Gasteiger partial charge in [0.25, 0.3) is 0 Å². The van der Waals surface area contributed by atoms with E-state index in [9.17, 15) is 5.11 Å². The van der Waals surface area contributed by atoms with Gasteiger partial charge in [0, 0.05) is 5.88 Å². The maximum atomic E-state index is 9.67. The summed E-state index contributed by atoms with van der Waals surface area (Å²) < 4.78 is 0. The van der Waals surface area contributed by atoms with Gasteiger partial charge in [-0.25, -0.2) is 0 Å². The Labute approximate surface area is 82.4 Å². The molecule has 0 saturated carbocycles. The number of nitriles is 1. The quantitative estimate of drug-likeness (QED) is 0.751. The first-order valence-electron chi connectivity index (χ1n) is 3.98. The summed E-state index contributed by atoms with van der Waals surface area (Å²) in [6.45, 7) is 0. The molecule has 0 heterocycles. The van der Waals surface area contributed by atoms with Crippen molar-refractivity contribution >= 4 is 11.6 Å². The molecule has 13 heavy (non-hydrogen) atoms. The lowest BCUT2D eigenvalue weighted by molar-refractivity contribution is 0.144. The number of benzene rings is 1. The Morgan fingerprint density at radius 1 is 1.38 bits per heavy atom. The number of rotatable bonds is 3. The monoisotopic (exact) mass is 195 g/mol. The number of nitrogens with zero attached hydrogens (tertiary/aromatic N) is 1.